The van der Waals surface area contributed by atoms with Gasteiger partial charge < -0.3 is 14.7 Å². The van der Waals surface area contributed by atoms with E-state index >= 15 is 0 Å². The van der Waals surface area contributed by atoms with Crippen molar-refractivity contribution in [3.63, 3.8) is 0 Å². The van der Waals surface area contributed by atoms with Gasteiger partial charge in [-0.3, -0.25) is 14.5 Å². The zero-order chi connectivity index (χ0) is 28.2. The maximum atomic E-state index is 13.5. The molecule has 1 heterocycles. The summed E-state index contributed by atoms with van der Waals surface area (Å²) in [6.07, 6.45) is -3.64. The summed E-state index contributed by atoms with van der Waals surface area (Å²) in [6, 6.07) is 11.6. The minimum atomic E-state index is -4.75. The van der Waals surface area contributed by atoms with Gasteiger partial charge in [0.2, 0.25) is 11.8 Å². The fraction of sp³-hybridized carbons (Fsp3) is 0.259. The van der Waals surface area contributed by atoms with Crippen molar-refractivity contribution in [1.82, 2.24) is 9.88 Å². The second kappa shape index (κ2) is 11.3. The Bertz CT molecular complexity index is 1340. The number of rotatable bonds is 8. The van der Waals surface area contributed by atoms with E-state index < -0.39 is 47.5 Å². The van der Waals surface area contributed by atoms with Crippen molar-refractivity contribution in [2.75, 3.05) is 18.5 Å². The fourth-order valence-electron chi connectivity index (χ4n) is 3.44. The molecule has 11 heteroatoms. The Balaban J connectivity index is 2.07. The van der Waals surface area contributed by atoms with Crippen LogP contribution in [0.5, 0.6) is 11.6 Å². The Hall–Kier alpha value is -4.41. The molecular formula is C27H26F3N3O5. The molecule has 2 amide bonds. The van der Waals surface area contributed by atoms with Crippen LogP contribution < -0.4 is 9.64 Å². The number of carboxylic acid groups (broad SMARTS) is 1. The number of aromatic carboxylic acids is 1. The maximum absolute atomic E-state index is 13.5. The SMILES string of the molecule is Cc1ccc(C(=O)N(CC(=O)N(C)C(C)C)c2ccc(Oc3ncccc3C(F)(F)F)cc2C(=O)O)cc1. The summed E-state index contributed by atoms with van der Waals surface area (Å²) in [5.41, 5.74) is -0.607. The van der Waals surface area contributed by atoms with Crippen molar-refractivity contribution in [1.29, 1.82) is 0 Å². The highest BCUT2D eigenvalue weighted by atomic mass is 19.4. The van der Waals surface area contributed by atoms with E-state index in [4.69, 9.17) is 4.74 Å². The smallest absolute Gasteiger partial charge is 0.421 e. The lowest BCUT2D eigenvalue weighted by Gasteiger charge is -2.28. The lowest BCUT2D eigenvalue weighted by atomic mass is 10.1. The van der Waals surface area contributed by atoms with Gasteiger partial charge in [-0.25, -0.2) is 9.78 Å². The standard InChI is InChI=1S/C27H26F3N3O5/c1-16(2)32(4)23(34)15-33(25(35)18-9-7-17(3)8-10-18)22-12-11-19(14-20(22)26(36)37)38-24-21(27(28,29)30)6-5-13-31-24/h5-14,16H,15H2,1-4H3,(H,36,37). The van der Waals surface area contributed by atoms with Gasteiger partial charge in [-0.15, -0.1) is 0 Å². The molecule has 3 aromatic rings. The van der Waals surface area contributed by atoms with Gasteiger partial charge in [-0.1, -0.05) is 17.7 Å². The van der Waals surface area contributed by atoms with Crippen LogP contribution in [0.15, 0.2) is 60.8 Å². The highest BCUT2D eigenvalue weighted by Gasteiger charge is 2.35. The topological polar surface area (TPSA) is 100 Å². The quantitative estimate of drug-likeness (QED) is 0.419. The molecule has 0 spiro atoms. The molecular weight excluding hydrogens is 503 g/mol. The minimum absolute atomic E-state index is 0.127. The van der Waals surface area contributed by atoms with Crippen LogP contribution in [0.4, 0.5) is 18.9 Å². The molecule has 0 aliphatic carbocycles. The van der Waals surface area contributed by atoms with Gasteiger partial charge in [0, 0.05) is 24.8 Å². The summed E-state index contributed by atoms with van der Waals surface area (Å²) in [6.45, 7) is 4.93. The predicted octanol–water partition coefficient (Wildman–Crippen LogP) is 5.41. The molecule has 1 N–H and O–H groups in total. The lowest BCUT2D eigenvalue weighted by Crippen LogP contribution is -2.44. The lowest BCUT2D eigenvalue weighted by molar-refractivity contribution is -0.139. The third kappa shape index (κ3) is 6.47. The molecule has 0 fully saturated rings. The molecule has 0 aliphatic rings. The van der Waals surface area contributed by atoms with E-state index in [-0.39, 0.29) is 23.0 Å². The van der Waals surface area contributed by atoms with Gasteiger partial charge in [-0.2, -0.15) is 13.2 Å². The van der Waals surface area contributed by atoms with Crippen LogP contribution >= 0.6 is 0 Å². The van der Waals surface area contributed by atoms with Crippen molar-refractivity contribution in [3.05, 3.63) is 83.0 Å². The molecule has 0 bridgehead atoms. The molecule has 0 saturated carbocycles. The molecule has 0 radical (unpaired) electrons. The highest BCUT2D eigenvalue weighted by molar-refractivity contribution is 6.11. The zero-order valence-electron chi connectivity index (χ0n) is 21.1. The van der Waals surface area contributed by atoms with Gasteiger partial charge >= 0.3 is 12.1 Å². The Labute approximate surface area is 217 Å². The Morgan fingerprint density at radius 1 is 1.05 bits per heavy atom. The molecule has 0 saturated heterocycles. The average Bonchev–Trinajstić information content (AvgIpc) is 2.86. The van der Waals surface area contributed by atoms with E-state index in [0.29, 0.717) is 0 Å². The predicted molar refractivity (Wildman–Crippen MR) is 133 cm³/mol. The number of carbonyl (C=O) groups excluding carboxylic acids is 2. The summed E-state index contributed by atoms with van der Waals surface area (Å²) in [4.78, 5) is 44.7. The fourth-order valence-corrected chi connectivity index (χ4v) is 3.44. The summed E-state index contributed by atoms with van der Waals surface area (Å²) in [5, 5.41) is 9.92. The van der Waals surface area contributed by atoms with Crippen LogP contribution in [0.2, 0.25) is 0 Å². The third-order valence-corrected chi connectivity index (χ3v) is 5.79. The molecule has 38 heavy (non-hydrogen) atoms. The van der Waals surface area contributed by atoms with Crippen LogP contribution in [0.3, 0.4) is 0 Å². The van der Waals surface area contributed by atoms with Crippen molar-refractivity contribution < 1.29 is 37.4 Å². The third-order valence-electron chi connectivity index (χ3n) is 5.79. The molecule has 8 nitrogen and oxygen atoms in total. The number of carboxylic acids is 1. The number of hydrogen-bond acceptors (Lipinski definition) is 5. The first-order valence-corrected chi connectivity index (χ1v) is 11.5. The number of hydrogen-bond donors (Lipinski definition) is 1. The first kappa shape index (κ1) is 28.2. The van der Waals surface area contributed by atoms with Crippen LogP contribution in [-0.4, -0.2) is 52.4 Å². The molecule has 0 aliphatic heterocycles. The van der Waals surface area contributed by atoms with Crippen LogP contribution in [0, 0.1) is 6.92 Å². The van der Waals surface area contributed by atoms with E-state index in [1.807, 2.05) is 6.92 Å². The number of carbonyl (C=O) groups is 3. The highest BCUT2D eigenvalue weighted by Crippen LogP contribution is 2.37. The van der Waals surface area contributed by atoms with E-state index in [9.17, 15) is 32.7 Å². The van der Waals surface area contributed by atoms with Gasteiger partial charge in [0.05, 0.1) is 11.3 Å². The van der Waals surface area contributed by atoms with Crippen molar-refractivity contribution in [2.45, 2.75) is 33.0 Å². The number of aromatic nitrogens is 1. The normalized spacial score (nSPS) is 11.3. The number of ether oxygens (including phenoxy) is 1. The van der Waals surface area contributed by atoms with Crippen molar-refractivity contribution in [2.24, 2.45) is 0 Å². The molecule has 1 aromatic heterocycles. The number of likely N-dealkylation sites (N-methyl/N-ethyl adjacent to an activating group) is 1. The summed E-state index contributed by atoms with van der Waals surface area (Å²) >= 11 is 0. The number of aryl methyl sites for hydroxylation is 1. The number of alkyl halides is 3. The number of pyridine rings is 1. The summed E-state index contributed by atoms with van der Waals surface area (Å²) in [5.74, 6) is -3.56. The molecule has 2 aromatic carbocycles. The van der Waals surface area contributed by atoms with Crippen molar-refractivity contribution >= 4 is 23.5 Å². The summed E-state index contributed by atoms with van der Waals surface area (Å²) in [7, 11) is 1.56. The van der Waals surface area contributed by atoms with E-state index in [2.05, 4.69) is 4.98 Å². The van der Waals surface area contributed by atoms with Gasteiger partial charge in [0.1, 0.15) is 17.9 Å². The Morgan fingerprint density at radius 3 is 2.29 bits per heavy atom. The van der Waals surface area contributed by atoms with Gasteiger partial charge in [0.25, 0.3) is 5.91 Å². The molecule has 200 valence electrons. The average molecular weight is 530 g/mol. The van der Waals surface area contributed by atoms with Crippen LogP contribution in [-0.2, 0) is 11.0 Å². The van der Waals surface area contributed by atoms with Crippen LogP contribution in [0.1, 0.15) is 45.7 Å². The zero-order valence-corrected chi connectivity index (χ0v) is 21.1. The van der Waals surface area contributed by atoms with Gasteiger partial charge in [-0.05, 0) is 63.2 Å². The number of halogens is 3. The number of anilines is 1. The number of amides is 2. The first-order chi connectivity index (χ1) is 17.8. The monoisotopic (exact) mass is 529 g/mol. The number of benzene rings is 2. The van der Waals surface area contributed by atoms with Gasteiger partial charge in [0.15, 0.2) is 0 Å². The first-order valence-electron chi connectivity index (χ1n) is 11.5. The second-order valence-corrected chi connectivity index (χ2v) is 8.80. The van der Waals surface area contributed by atoms with Crippen molar-refractivity contribution in [3.8, 4) is 11.6 Å². The number of nitrogens with zero attached hydrogens (tertiary/aromatic N) is 3. The maximum Gasteiger partial charge on any atom is 0.421 e. The van der Waals surface area contributed by atoms with E-state index in [1.54, 1.807) is 45.2 Å². The molecule has 3 rings (SSSR count). The van der Waals surface area contributed by atoms with Crippen LogP contribution in [0.25, 0.3) is 0 Å². The molecule has 0 unspecified atom stereocenters. The van der Waals surface area contributed by atoms with E-state index in [0.717, 1.165) is 34.9 Å². The Kier molecular flexibility index (Phi) is 8.39. The summed E-state index contributed by atoms with van der Waals surface area (Å²) < 4.78 is 45.4. The minimum Gasteiger partial charge on any atom is -0.478 e. The Morgan fingerprint density at radius 2 is 1.71 bits per heavy atom. The largest absolute Gasteiger partial charge is 0.478 e. The van der Waals surface area contributed by atoms with E-state index in [1.165, 1.54) is 17.0 Å². The molecule has 0 atom stereocenters. The second-order valence-electron chi connectivity index (χ2n) is 8.80.